The van der Waals surface area contributed by atoms with Crippen LogP contribution in [0.15, 0.2) is 72.8 Å². The SMILES string of the molecule is CCOC(=O)[C@H](c1cc(OC)ccc1OC)[C@H]1C=C[C@@H](NC(=O)c2ccc3ccccc3c2)C1. The summed E-state index contributed by atoms with van der Waals surface area (Å²) in [6.07, 6.45) is 4.50. The average Bonchev–Trinajstić information content (AvgIpc) is 3.31. The lowest BCUT2D eigenvalue weighted by atomic mass is 9.84. The average molecular weight is 460 g/mol. The normalized spacial score (nSPS) is 17.9. The van der Waals surface area contributed by atoms with E-state index in [0.29, 0.717) is 29.0 Å². The van der Waals surface area contributed by atoms with Gasteiger partial charge in [0.05, 0.1) is 26.7 Å². The van der Waals surface area contributed by atoms with Gasteiger partial charge in [-0.1, -0.05) is 42.5 Å². The maximum absolute atomic E-state index is 13.0. The molecule has 176 valence electrons. The van der Waals surface area contributed by atoms with E-state index < -0.39 is 5.92 Å². The Balaban J connectivity index is 1.53. The van der Waals surface area contributed by atoms with Crippen LogP contribution < -0.4 is 14.8 Å². The number of carbonyl (C=O) groups is 2. The largest absolute Gasteiger partial charge is 0.497 e. The summed E-state index contributed by atoms with van der Waals surface area (Å²) in [4.78, 5) is 26.0. The lowest BCUT2D eigenvalue weighted by Crippen LogP contribution is -2.34. The summed E-state index contributed by atoms with van der Waals surface area (Å²) in [6.45, 7) is 2.06. The predicted molar refractivity (Wildman–Crippen MR) is 131 cm³/mol. The highest BCUT2D eigenvalue weighted by molar-refractivity contribution is 5.98. The number of carbonyl (C=O) groups excluding carboxylic acids is 2. The van der Waals surface area contributed by atoms with Gasteiger partial charge in [0.15, 0.2) is 0 Å². The number of nitrogens with one attached hydrogen (secondary N) is 1. The molecule has 3 aromatic carbocycles. The molecule has 34 heavy (non-hydrogen) atoms. The number of benzene rings is 3. The Hall–Kier alpha value is -3.80. The van der Waals surface area contributed by atoms with E-state index in [9.17, 15) is 9.59 Å². The van der Waals surface area contributed by atoms with Crippen LogP contribution in [-0.4, -0.2) is 38.7 Å². The molecule has 1 aliphatic rings. The van der Waals surface area contributed by atoms with E-state index in [1.165, 1.54) is 0 Å². The molecule has 1 N–H and O–H groups in total. The minimum Gasteiger partial charge on any atom is -0.497 e. The van der Waals surface area contributed by atoms with Crippen molar-refractivity contribution in [3.8, 4) is 11.5 Å². The first-order valence-electron chi connectivity index (χ1n) is 11.4. The Labute approximate surface area is 199 Å². The molecule has 3 atom stereocenters. The van der Waals surface area contributed by atoms with Crippen LogP contribution in [0.3, 0.4) is 0 Å². The van der Waals surface area contributed by atoms with Gasteiger partial charge in [0, 0.05) is 17.2 Å². The van der Waals surface area contributed by atoms with Gasteiger partial charge >= 0.3 is 5.97 Å². The first-order valence-corrected chi connectivity index (χ1v) is 11.4. The predicted octanol–water partition coefficient (Wildman–Crippen LogP) is 4.88. The molecule has 0 saturated heterocycles. The first-order chi connectivity index (χ1) is 16.5. The van der Waals surface area contributed by atoms with Crippen LogP contribution in [0.5, 0.6) is 11.5 Å². The van der Waals surface area contributed by atoms with Crippen LogP contribution in [0, 0.1) is 5.92 Å². The number of amides is 1. The lowest BCUT2D eigenvalue weighted by molar-refractivity contribution is -0.146. The molecule has 6 heteroatoms. The number of methoxy groups -OCH3 is 2. The standard InChI is InChI=1S/C28H29NO5/c1-4-34-28(31)26(24-17-23(32-2)13-14-25(24)33-3)20-11-12-22(16-20)29-27(30)21-10-9-18-7-5-6-8-19(18)15-21/h5-15,17,20,22,26H,4,16H2,1-3H3,(H,29,30)/t20-,22+,26-/m0/s1. The molecule has 0 radical (unpaired) electrons. The second-order valence-corrected chi connectivity index (χ2v) is 8.26. The van der Waals surface area contributed by atoms with Gasteiger partial charge in [-0.05, 0) is 60.4 Å². The number of allylic oxidation sites excluding steroid dienone is 1. The third-order valence-electron chi connectivity index (χ3n) is 6.19. The molecule has 6 nitrogen and oxygen atoms in total. The van der Waals surface area contributed by atoms with Crippen LogP contribution in [0.1, 0.15) is 35.2 Å². The summed E-state index contributed by atoms with van der Waals surface area (Å²) >= 11 is 0. The van der Waals surface area contributed by atoms with Gasteiger partial charge in [0.1, 0.15) is 11.5 Å². The maximum Gasteiger partial charge on any atom is 0.314 e. The molecule has 0 heterocycles. The van der Waals surface area contributed by atoms with Crippen molar-refractivity contribution in [2.75, 3.05) is 20.8 Å². The van der Waals surface area contributed by atoms with E-state index in [-0.39, 0.29) is 30.4 Å². The summed E-state index contributed by atoms with van der Waals surface area (Å²) < 4.78 is 16.3. The number of hydrogen-bond donors (Lipinski definition) is 1. The summed E-state index contributed by atoms with van der Waals surface area (Å²) in [7, 11) is 3.16. The minimum atomic E-state index is -0.580. The summed E-state index contributed by atoms with van der Waals surface area (Å²) in [5, 5.41) is 5.19. The zero-order chi connectivity index (χ0) is 24.1. The highest BCUT2D eigenvalue weighted by Crippen LogP contribution is 2.40. The molecule has 0 aliphatic heterocycles. The fourth-order valence-corrected chi connectivity index (χ4v) is 4.51. The van der Waals surface area contributed by atoms with Crippen LogP contribution in [0.25, 0.3) is 10.8 Å². The molecule has 0 bridgehead atoms. The smallest absolute Gasteiger partial charge is 0.314 e. The zero-order valence-electron chi connectivity index (χ0n) is 19.6. The lowest BCUT2D eigenvalue weighted by Gasteiger charge is -2.24. The van der Waals surface area contributed by atoms with Crippen molar-refractivity contribution in [3.05, 3.63) is 83.9 Å². The van der Waals surface area contributed by atoms with E-state index in [4.69, 9.17) is 14.2 Å². The quantitative estimate of drug-likeness (QED) is 0.384. The molecular weight excluding hydrogens is 430 g/mol. The Bertz CT molecular complexity index is 1220. The molecule has 0 spiro atoms. The van der Waals surface area contributed by atoms with Crippen LogP contribution in [-0.2, 0) is 9.53 Å². The van der Waals surface area contributed by atoms with Crippen molar-refractivity contribution in [2.24, 2.45) is 5.92 Å². The number of ether oxygens (including phenoxy) is 3. The van der Waals surface area contributed by atoms with Gasteiger partial charge in [-0.2, -0.15) is 0 Å². The second-order valence-electron chi connectivity index (χ2n) is 8.26. The monoisotopic (exact) mass is 459 g/mol. The molecular formula is C28H29NO5. The fourth-order valence-electron chi connectivity index (χ4n) is 4.51. The summed E-state index contributed by atoms with van der Waals surface area (Å²) in [5.74, 6) is 0.00724. The molecule has 1 amide bonds. The van der Waals surface area contributed by atoms with Gasteiger partial charge in [-0.3, -0.25) is 9.59 Å². The highest BCUT2D eigenvalue weighted by Gasteiger charge is 2.36. The van der Waals surface area contributed by atoms with Crippen molar-refractivity contribution in [3.63, 3.8) is 0 Å². The van der Waals surface area contributed by atoms with Gasteiger partial charge in [0.25, 0.3) is 5.91 Å². The van der Waals surface area contributed by atoms with Gasteiger partial charge in [-0.25, -0.2) is 0 Å². The topological polar surface area (TPSA) is 73.9 Å². The number of fused-ring (bicyclic) bond motifs is 1. The second kappa shape index (κ2) is 10.4. The summed E-state index contributed by atoms with van der Waals surface area (Å²) in [6, 6.07) is 18.8. The molecule has 1 aliphatic carbocycles. The van der Waals surface area contributed by atoms with Crippen LogP contribution in [0.2, 0.25) is 0 Å². The molecule has 3 aromatic rings. The third kappa shape index (κ3) is 4.91. The Morgan fingerprint density at radius 1 is 0.971 bits per heavy atom. The molecule has 0 saturated carbocycles. The van der Waals surface area contributed by atoms with Gasteiger partial charge < -0.3 is 19.5 Å². The van der Waals surface area contributed by atoms with E-state index in [1.54, 1.807) is 33.3 Å². The number of esters is 1. The molecule has 4 rings (SSSR count). The highest BCUT2D eigenvalue weighted by atomic mass is 16.5. The third-order valence-corrected chi connectivity index (χ3v) is 6.19. The Morgan fingerprint density at radius 2 is 1.76 bits per heavy atom. The maximum atomic E-state index is 13.0. The molecule has 0 fully saturated rings. The number of rotatable bonds is 8. The molecule has 0 unspecified atom stereocenters. The summed E-state index contributed by atoms with van der Waals surface area (Å²) in [5.41, 5.74) is 1.31. The van der Waals surface area contributed by atoms with E-state index in [0.717, 1.165) is 10.8 Å². The van der Waals surface area contributed by atoms with Crippen LogP contribution in [0.4, 0.5) is 0 Å². The van der Waals surface area contributed by atoms with Crippen molar-refractivity contribution in [1.29, 1.82) is 0 Å². The van der Waals surface area contributed by atoms with Crippen molar-refractivity contribution in [2.45, 2.75) is 25.3 Å². The van der Waals surface area contributed by atoms with Gasteiger partial charge in [-0.15, -0.1) is 0 Å². The van der Waals surface area contributed by atoms with E-state index in [2.05, 4.69) is 5.32 Å². The fraction of sp³-hybridized carbons (Fsp3) is 0.286. The Kier molecular flexibility index (Phi) is 7.16. The first kappa shape index (κ1) is 23.4. The Morgan fingerprint density at radius 3 is 2.50 bits per heavy atom. The molecule has 0 aromatic heterocycles. The van der Waals surface area contributed by atoms with Crippen molar-refractivity contribution in [1.82, 2.24) is 5.32 Å². The van der Waals surface area contributed by atoms with Crippen molar-refractivity contribution >= 4 is 22.6 Å². The van der Waals surface area contributed by atoms with E-state index >= 15 is 0 Å². The van der Waals surface area contributed by atoms with Crippen molar-refractivity contribution < 1.29 is 23.8 Å². The number of hydrogen-bond acceptors (Lipinski definition) is 5. The minimum absolute atomic E-state index is 0.146. The van der Waals surface area contributed by atoms with Gasteiger partial charge in [0.2, 0.25) is 0 Å². The van der Waals surface area contributed by atoms with E-state index in [1.807, 2.05) is 60.7 Å². The van der Waals surface area contributed by atoms with Crippen LogP contribution >= 0.6 is 0 Å². The zero-order valence-corrected chi connectivity index (χ0v) is 19.6.